The van der Waals surface area contributed by atoms with Gasteiger partial charge in [0.05, 0.1) is 17.6 Å². The van der Waals surface area contributed by atoms with Crippen LogP contribution in [0.2, 0.25) is 0 Å². The number of ether oxygens (including phenoxy) is 1. The van der Waals surface area contributed by atoms with Crippen molar-refractivity contribution in [1.29, 1.82) is 0 Å². The lowest BCUT2D eigenvalue weighted by molar-refractivity contribution is -0.133. The van der Waals surface area contributed by atoms with E-state index in [1.165, 1.54) is 16.7 Å². The molecule has 2 fully saturated rings. The van der Waals surface area contributed by atoms with Crippen molar-refractivity contribution in [3.8, 4) is 0 Å². The minimum atomic E-state index is -0.352. The van der Waals surface area contributed by atoms with Crippen molar-refractivity contribution < 1.29 is 14.3 Å². The molecular formula is C25H31N3O3. The van der Waals surface area contributed by atoms with Crippen molar-refractivity contribution in [2.45, 2.75) is 45.4 Å². The fourth-order valence-electron chi connectivity index (χ4n) is 4.56. The number of benzene rings is 1. The number of carbonyl (C=O) groups is 2. The van der Waals surface area contributed by atoms with Gasteiger partial charge >= 0.3 is 5.97 Å². The van der Waals surface area contributed by atoms with E-state index in [-0.39, 0.29) is 17.3 Å². The average molecular weight is 422 g/mol. The van der Waals surface area contributed by atoms with Crippen LogP contribution in [0.3, 0.4) is 0 Å². The first-order chi connectivity index (χ1) is 14.9. The van der Waals surface area contributed by atoms with Crippen molar-refractivity contribution in [3.63, 3.8) is 0 Å². The number of esters is 1. The third-order valence-corrected chi connectivity index (χ3v) is 6.30. The van der Waals surface area contributed by atoms with Crippen LogP contribution in [0.25, 0.3) is 0 Å². The maximum atomic E-state index is 13.5. The van der Waals surface area contributed by atoms with E-state index in [0.29, 0.717) is 18.7 Å². The molecule has 1 aromatic carbocycles. The topological polar surface area (TPSA) is 62.7 Å². The van der Waals surface area contributed by atoms with Crippen LogP contribution in [0, 0.1) is 13.8 Å². The first-order valence-corrected chi connectivity index (χ1v) is 11.2. The Morgan fingerprint density at radius 1 is 1.03 bits per heavy atom. The van der Waals surface area contributed by atoms with Gasteiger partial charge in [-0.15, -0.1) is 0 Å². The minimum Gasteiger partial charge on any atom is -0.462 e. The molecule has 1 saturated carbocycles. The van der Waals surface area contributed by atoms with Crippen LogP contribution in [0.15, 0.2) is 36.5 Å². The van der Waals surface area contributed by atoms with Gasteiger partial charge in [0.1, 0.15) is 5.82 Å². The summed E-state index contributed by atoms with van der Waals surface area (Å²) in [6.07, 6.45) is 4.34. The van der Waals surface area contributed by atoms with Gasteiger partial charge in [-0.1, -0.05) is 29.3 Å². The summed E-state index contributed by atoms with van der Waals surface area (Å²) >= 11 is 0. The molecule has 0 atom stereocenters. The van der Waals surface area contributed by atoms with Gasteiger partial charge in [-0.3, -0.25) is 4.79 Å². The number of hydrogen-bond donors (Lipinski definition) is 0. The van der Waals surface area contributed by atoms with Gasteiger partial charge in [0.25, 0.3) is 0 Å². The van der Waals surface area contributed by atoms with Gasteiger partial charge in [0, 0.05) is 32.4 Å². The predicted molar refractivity (Wildman–Crippen MR) is 120 cm³/mol. The Hall–Kier alpha value is -2.89. The van der Waals surface area contributed by atoms with Crippen molar-refractivity contribution in [1.82, 2.24) is 9.88 Å². The van der Waals surface area contributed by atoms with E-state index in [1.54, 1.807) is 19.2 Å². The van der Waals surface area contributed by atoms with Crippen LogP contribution < -0.4 is 4.90 Å². The summed E-state index contributed by atoms with van der Waals surface area (Å²) in [5.74, 6) is 0.748. The fraction of sp³-hybridized carbons (Fsp3) is 0.480. The zero-order chi connectivity index (χ0) is 22.0. The van der Waals surface area contributed by atoms with E-state index < -0.39 is 0 Å². The maximum Gasteiger partial charge on any atom is 0.339 e. The summed E-state index contributed by atoms with van der Waals surface area (Å²) < 4.78 is 5.03. The van der Waals surface area contributed by atoms with Crippen molar-refractivity contribution in [2.75, 3.05) is 37.7 Å². The Morgan fingerprint density at radius 3 is 2.39 bits per heavy atom. The fourth-order valence-corrected chi connectivity index (χ4v) is 4.56. The van der Waals surface area contributed by atoms with Crippen LogP contribution in [0.4, 0.5) is 5.82 Å². The van der Waals surface area contributed by atoms with Crippen LogP contribution in [0.5, 0.6) is 0 Å². The summed E-state index contributed by atoms with van der Waals surface area (Å²) in [6, 6.07) is 10.1. The Labute approximate surface area is 184 Å². The highest BCUT2D eigenvalue weighted by molar-refractivity contribution is 5.91. The molecule has 0 bridgehead atoms. The lowest BCUT2D eigenvalue weighted by atomic mass is 9.91. The van der Waals surface area contributed by atoms with Crippen LogP contribution in [-0.4, -0.2) is 54.5 Å². The van der Waals surface area contributed by atoms with Crippen molar-refractivity contribution >= 4 is 17.7 Å². The molecule has 1 amide bonds. The van der Waals surface area contributed by atoms with E-state index in [2.05, 4.69) is 41.9 Å². The molecule has 31 heavy (non-hydrogen) atoms. The molecule has 2 aliphatic rings. The number of nitrogens with zero attached hydrogens (tertiary/aromatic N) is 3. The Morgan fingerprint density at radius 2 is 1.77 bits per heavy atom. The van der Waals surface area contributed by atoms with Gasteiger partial charge in [0.15, 0.2) is 0 Å². The summed E-state index contributed by atoms with van der Waals surface area (Å²) in [5.41, 5.74) is 3.74. The number of hydrogen-bond acceptors (Lipinski definition) is 5. The van der Waals surface area contributed by atoms with E-state index in [0.717, 1.165) is 44.7 Å². The average Bonchev–Trinajstić information content (AvgIpc) is 3.58. The molecule has 0 radical (unpaired) electrons. The van der Waals surface area contributed by atoms with Gasteiger partial charge in [0.2, 0.25) is 5.91 Å². The molecule has 4 rings (SSSR count). The number of pyridine rings is 1. The number of carbonyl (C=O) groups excluding carboxylic acids is 2. The minimum absolute atomic E-state index is 0.268. The molecule has 6 nitrogen and oxygen atoms in total. The van der Waals surface area contributed by atoms with Gasteiger partial charge in [-0.2, -0.15) is 0 Å². The highest BCUT2D eigenvalue weighted by atomic mass is 16.5. The maximum absolute atomic E-state index is 13.5. The lowest BCUT2D eigenvalue weighted by Crippen LogP contribution is -2.41. The Bertz CT molecular complexity index is 946. The van der Waals surface area contributed by atoms with Gasteiger partial charge in [-0.25, -0.2) is 9.78 Å². The smallest absolute Gasteiger partial charge is 0.339 e. The normalized spacial score (nSPS) is 17.8. The lowest BCUT2D eigenvalue weighted by Gasteiger charge is -2.27. The quantitative estimate of drug-likeness (QED) is 0.690. The highest BCUT2D eigenvalue weighted by Gasteiger charge is 2.53. The van der Waals surface area contributed by atoms with Gasteiger partial charge < -0.3 is 14.5 Å². The first kappa shape index (κ1) is 21.3. The number of anilines is 1. The molecule has 0 unspecified atom stereocenters. The standard InChI is InChI=1S/C25H31N3O3/c1-4-31-23(29)20-6-7-22(26-17-20)27-10-5-11-28(13-12-27)24(30)25(8-9-25)21-15-18(2)14-19(3)16-21/h6-7,14-17H,4-5,8-13H2,1-3H3. The monoisotopic (exact) mass is 421 g/mol. The summed E-state index contributed by atoms with van der Waals surface area (Å²) in [5, 5.41) is 0. The van der Waals surface area contributed by atoms with E-state index in [1.807, 2.05) is 11.0 Å². The van der Waals surface area contributed by atoms with E-state index in [9.17, 15) is 9.59 Å². The number of aromatic nitrogens is 1. The first-order valence-electron chi connectivity index (χ1n) is 11.2. The predicted octanol–water partition coefficient (Wildman–Crippen LogP) is 3.65. The molecule has 2 heterocycles. The Kier molecular flexibility index (Phi) is 5.99. The summed E-state index contributed by atoms with van der Waals surface area (Å²) in [6.45, 7) is 9.36. The Balaban J connectivity index is 1.43. The van der Waals surface area contributed by atoms with Gasteiger partial charge in [-0.05, 0) is 57.7 Å². The SMILES string of the molecule is CCOC(=O)c1ccc(N2CCCN(C(=O)C3(c4cc(C)cc(C)c4)CC3)CC2)nc1. The van der Waals surface area contributed by atoms with Crippen LogP contribution in [0.1, 0.15) is 53.2 Å². The second-order valence-corrected chi connectivity index (χ2v) is 8.72. The number of aryl methyl sites for hydroxylation is 2. The third-order valence-electron chi connectivity index (χ3n) is 6.30. The molecular weight excluding hydrogens is 390 g/mol. The molecule has 0 spiro atoms. The molecule has 1 saturated heterocycles. The summed E-state index contributed by atoms with van der Waals surface area (Å²) in [7, 11) is 0. The number of rotatable bonds is 5. The molecule has 6 heteroatoms. The number of amides is 1. The largest absolute Gasteiger partial charge is 0.462 e. The summed E-state index contributed by atoms with van der Waals surface area (Å²) in [4.78, 5) is 34.1. The van der Waals surface area contributed by atoms with Crippen molar-refractivity contribution in [3.05, 3.63) is 58.8 Å². The molecule has 164 valence electrons. The highest BCUT2D eigenvalue weighted by Crippen LogP contribution is 2.50. The molecule has 2 aromatic rings. The van der Waals surface area contributed by atoms with E-state index >= 15 is 0 Å². The second-order valence-electron chi connectivity index (χ2n) is 8.72. The molecule has 1 aliphatic carbocycles. The third kappa shape index (κ3) is 4.43. The molecule has 1 aliphatic heterocycles. The zero-order valence-electron chi connectivity index (χ0n) is 18.7. The van der Waals surface area contributed by atoms with E-state index in [4.69, 9.17) is 4.74 Å². The van der Waals surface area contributed by atoms with Crippen molar-refractivity contribution in [2.24, 2.45) is 0 Å². The molecule has 1 aromatic heterocycles. The zero-order valence-corrected chi connectivity index (χ0v) is 18.7. The van der Waals surface area contributed by atoms with Crippen LogP contribution >= 0.6 is 0 Å². The molecule has 0 N–H and O–H groups in total. The second kappa shape index (κ2) is 8.69. The van der Waals surface area contributed by atoms with Crippen LogP contribution in [-0.2, 0) is 14.9 Å².